The summed E-state index contributed by atoms with van der Waals surface area (Å²) in [4.78, 5) is 30.5. The smallest absolute Gasteiger partial charge is 0.262 e. The summed E-state index contributed by atoms with van der Waals surface area (Å²) in [6, 6.07) is 24.0. The van der Waals surface area contributed by atoms with E-state index in [2.05, 4.69) is 10.3 Å². The van der Waals surface area contributed by atoms with E-state index in [9.17, 15) is 9.59 Å². The van der Waals surface area contributed by atoms with Crippen molar-refractivity contribution in [1.82, 2.24) is 9.55 Å². The lowest BCUT2D eigenvalue weighted by molar-refractivity contribution is -0.113. The summed E-state index contributed by atoms with van der Waals surface area (Å²) in [6.07, 6.45) is 1.88. The summed E-state index contributed by atoms with van der Waals surface area (Å²) in [5, 5.41) is 3.98. The first-order chi connectivity index (χ1) is 17.2. The van der Waals surface area contributed by atoms with Gasteiger partial charge in [-0.05, 0) is 61.4 Å². The van der Waals surface area contributed by atoms with Crippen LogP contribution in [-0.4, -0.2) is 33.9 Å². The lowest BCUT2D eigenvalue weighted by Gasteiger charge is -2.16. The van der Waals surface area contributed by atoms with E-state index in [0.29, 0.717) is 40.6 Å². The van der Waals surface area contributed by atoms with E-state index in [-0.39, 0.29) is 23.3 Å². The molecule has 7 nitrogen and oxygen atoms in total. The lowest BCUT2D eigenvalue weighted by Crippen LogP contribution is -2.29. The summed E-state index contributed by atoms with van der Waals surface area (Å²) in [6.45, 7) is 1.14. The molecule has 1 aliphatic rings. The average Bonchev–Trinajstić information content (AvgIpc) is 3.40. The zero-order chi connectivity index (χ0) is 24.0. The molecule has 1 saturated heterocycles. The average molecular weight is 488 g/mol. The number of para-hydroxylation sites is 2. The standard InChI is InChI=1S/C27H25N3O4S/c31-25(28-19-12-14-21(15-13-19)34-20-7-2-1-3-8-20)18-35-27-29-24-11-5-4-10-23(24)26(32)30(27)17-22-9-6-16-33-22/h1-5,7-8,10-15,22H,6,9,16-18H2,(H,28,31). The van der Waals surface area contributed by atoms with Gasteiger partial charge in [0.1, 0.15) is 11.5 Å². The van der Waals surface area contributed by atoms with Crippen molar-refractivity contribution < 1.29 is 14.3 Å². The minimum Gasteiger partial charge on any atom is -0.457 e. The van der Waals surface area contributed by atoms with Crippen molar-refractivity contribution >= 4 is 34.3 Å². The highest BCUT2D eigenvalue weighted by Gasteiger charge is 2.20. The zero-order valence-corrected chi connectivity index (χ0v) is 19.9. The number of nitrogens with one attached hydrogen (secondary N) is 1. The number of aromatic nitrogens is 2. The number of hydrogen-bond donors (Lipinski definition) is 1. The van der Waals surface area contributed by atoms with Crippen molar-refractivity contribution in [3.63, 3.8) is 0 Å². The van der Waals surface area contributed by atoms with Crippen LogP contribution in [-0.2, 0) is 16.1 Å². The van der Waals surface area contributed by atoms with Crippen LogP contribution < -0.4 is 15.6 Å². The molecule has 0 radical (unpaired) electrons. The first-order valence-electron chi connectivity index (χ1n) is 11.5. The highest BCUT2D eigenvalue weighted by molar-refractivity contribution is 7.99. The summed E-state index contributed by atoms with van der Waals surface area (Å²) < 4.78 is 13.2. The van der Waals surface area contributed by atoms with Gasteiger partial charge in [0, 0.05) is 12.3 Å². The fourth-order valence-corrected chi connectivity index (χ4v) is 4.78. The quantitative estimate of drug-likeness (QED) is 0.275. The molecule has 1 unspecified atom stereocenters. The third-order valence-corrected chi connectivity index (χ3v) is 6.66. The molecule has 1 aliphatic heterocycles. The summed E-state index contributed by atoms with van der Waals surface area (Å²) in [5.74, 6) is 1.37. The van der Waals surface area contributed by atoms with Crippen molar-refractivity contribution in [2.75, 3.05) is 17.7 Å². The van der Waals surface area contributed by atoms with E-state index in [4.69, 9.17) is 9.47 Å². The number of carbonyl (C=O) groups is 1. The van der Waals surface area contributed by atoms with Gasteiger partial charge in [0.25, 0.3) is 5.56 Å². The molecule has 2 heterocycles. The Bertz CT molecular complexity index is 1370. The number of thioether (sulfide) groups is 1. The molecular formula is C27H25N3O4S. The predicted octanol–water partition coefficient (Wildman–Crippen LogP) is 5.10. The third kappa shape index (κ3) is 5.72. The largest absolute Gasteiger partial charge is 0.457 e. The molecule has 35 heavy (non-hydrogen) atoms. The van der Waals surface area contributed by atoms with Crippen molar-refractivity contribution in [3.8, 4) is 11.5 Å². The van der Waals surface area contributed by atoms with Crippen molar-refractivity contribution in [3.05, 3.63) is 89.2 Å². The van der Waals surface area contributed by atoms with E-state index in [0.717, 1.165) is 18.6 Å². The molecule has 3 aromatic carbocycles. The van der Waals surface area contributed by atoms with Gasteiger partial charge in [-0.1, -0.05) is 42.1 Å². The maximum atomic E-state index is 13.2. The van der Waals surface area contributed by atoms with Crippen LogP contribution in [0.1, 0.15) is 12.8 Å². The fourth-order valence-electron chi connectivity index (χ4n) is 3.97. The van der Waals surface area contributed by atoms with Crippen LogP contribution in [0.15, 0.2) is 88.8 Å². The minimum absolute atomic E-state index is 0.0135. The van der Waals surface area contributed by atoms with Crippen LogP contribution in [0.5, 0.6) is 11.5 Å². The van der Waals surface area contributed by atoms with E-state index >= 15 is 0 Å². The van der Waals surface area contributed by atoms with Crippen LogP contribution in [0, 0.1) is 0 Å². The van der Waals surface area contributed by atoms with Crippen molar-refractivity contribution in [2.24, 2.45) is 0 Å². The molecule has 1 atom stereocenters. The first-order valence-corrected chi connectivity index (χ1v) is 12.5. The molecule has 0 saturated carbocycles. The Kier molecular flexibility index (Phi) is 7.11. The van der Waals surface area contributed by atoms with E-state index in [1.54, 1.807) is 34.9 Å². The normalized spacial score (nSPS) is 15.3. The first kappa shape index (κ1) is 23.1. The summed E-state index contributed by atoms with van der Waals surface area (Å²) in [7, 11) is 0. The lowest BCUT2D eigenvalue weighted by atomic mass is 10.2. The Morgan fingerprint density at radius 1 is 1.03 bits per heavy atom. The van der Waals surface area contributed by atoms with Crippen LogP contribution in [0.3, 0.4) is 0 Å². The highest BCUT2D eigenvalue weighted by Crippen LogP contribution is 2.24. The van der Waals surface area contributed by atoms with Gasteiger partial charge in [0.15, 0.2) is 5.16 Å². The van der Waals surface area contributed by atoms with Gasteiger partial charge < -0.3 is 14.8 Å². The van der Waals surface area contributed by atoms with Crippen molar-refractivity contribution in [1.29, 1.82) is 0 Å². The van der Waals surface area contributed by atoms with Gasteiger partial charge in [0.05, 0.1) is 29.3 Å². The number of rotatable bonds is 8. The maximum absolute atomic E-state index is 13.2. The SMILES string of the molecule is O=C(CSc1nc2ccccc2c(=O)n1CC1CCCO1)Nc1ccc(Oc2ccccc2)cc1. The van der Waals surface area contributed by atoms with Gasteiger partial charge in [-0.15, -0.1) is 0 Å². The number of amides is 1. The van der Waals surface area contributed by atoms with Gasteiger partial charge in [-0.25, -0.2) is 4.98 Å². The molecule has 1 fully saturated rings. The number of carbonyl (C=O) groups excluding carboxylic acids is 1. The maximum Gasteiger partial charge on any atom is 0.262 e. The van der Waals surface area contributed by atoms with E-state index in [1.165, 1.54) is 11.8 Å². The second kappa shape index (κ2) is 10.8. The minimum atomic E-state index is -0.183. The predicted molar refractivity (Wildman–Crippen MR) is 137 cm³/mol. The highest BCUT2D eigenvalue weighted by atomic mass is 32.2. The molecule has 178 valence electrons. The Labute approximate surface area is 207 Å². The molecule has 1 N–H and O–H groups in total. The Hall–Kier alpha value is -3.62. The number of anilines is 1. The summed E-state index contributed by atoms with van der Waals surface area (Å²) >= 11 is 1.25. The number of hydrogen-bond acceptors (Lipinski definition) is 6. The number of nitrogens with zero attached hydrogens (tertiary/aromatic N) is 2. The van der Waals surface area contributed by atoms with E-state index in [1.807, 2.05) is 48.5 Å². The Balaban J connectivity index is 1.26. The second-order valence-corrected chi connectivity index (χ2v) is 9.18. The molecule has 5 rings (SSSR count). The zero-order valence-electron chi connectivity index (χ0n) is 19.1. The van der Waals surface area contributed by atoms with Gasteiger partial charge in [0.2, 0.25) is 5.91 Å². The second-order valence-electron chi connectivity index (χ2n) is 8.24. The van der Waals surface area contributed by atoms with Crippen molar-refractivity contribution in [2.45, 2.75) is 30.6 Å². The molecule has 8 heteroatoms. The molecule has 0 spiro atoms. The number of fused-ring (bicyclic) bond motifs is 1. The fraction of sp³-hybridized carbons (Fsp3) is 0.222. The molecule has 4 aromatic rings. The van der Waals surface area contributed by atoms with Gasteiger partial charge in [-0.3, -0.25) is 14.2 Å². The van der Waals surface area contributed by atoms with Crippen LogP contribution in [0.2, 0.25) is 0 Å². The third-order valence-electron chi connectivity index (χ3n) is 5.69. The molecule has 0 aliphatic carbocycles. The Morgan fingerprint density at radius 3 is 2.54 bits per heavy atom. The monoisotopic (exact) mass is 487 g/mol. The molecule has 1 amide bonds. The van der Waals surface area contributed by atoms with Crippen LogP contribution in [0.25, 0.3) is 10.9 Å². The van der Waals surface area contributed by atoms with Crippen LogP contribution in [0.4, 0.5) is 5.69 Å². The topological polar surface area (TPSA) is 82.5 Å². The molecule has 1 aromatic heterocycles. The Morgan fingerprint density at radius 2 is 1.77 bits per heavy atom. The number of benzene rings is 3. The summed E-state index contributed by atoms with van der Waals surface area (Å²) in [5.41, 5.74) is 1.18. The van der Waals surface area contributed by atoms with Crippen LogP contribution >= 0.6 is 11.8 Å². The molecule has 0 bridgehead atoms. The van der Waals surface area contributed by atoms with Gasteiger partial charge in [-0.2, -0.15) is 0 Å². The number of ether oxygens (including phenoxy) is 2. The van der Waals surface area contributed by atoms with E-state index < -0.39 is 0 Å². The van der Waals surface area contributed by atoms with Gasteiger partial charge >= 0.3 is 0 Å². The molecular weight excluding hydrogens is 462 g/mol.